The molecule has 7 nitrogen and oxygen atoms in total. The fourth-order valence-corrected chi connectivity index (χ4v) is 2.90. The van der Waals surface area contributed by atoms with E-state index in [4.69, 9.17) is 15.2 Å². The normalized spacial score (nSPS) is 12.0. The molecule has 2 aromatic carbocycles. The first kappa shape index (κ1) is 18.2. The summed E-state index contributed by atoms with van der Waals surface area (Å²) in [5, 5.41) is 17.0. The van der Waals surface area contributed by atoms with Crippen molar-refractivity contribution < 1.29 is 14.6 Å². The minimum atomic E-state index is -0.532. The van der Waals surface area contributed by atoms with E-state index in [2.05, 4.69) is 31.1 Å². The number of nitrogens with zero attached hydrogens (tertiary/aromatic N) is 2. The lowest BCUT2D eigenvalue weighted by atomic mass is 10.1. The van der Waals surface area contributed by atoms with Crippen molar-refractivity contribution in [1.82, 2.24) is 15.2 Å². The number of hydrogen-bond acceptors (Lipinski definition) is 6. The SMILES string of the molecule is CCOc1cc([C@H](N)c2nc(-c3cc(Br)ccc3O)n[nH]2)ccc1OC. The van der Waals surface area contributed by atoms with Gasteiger partial charge in [0, 0.05) is 4.47 Å². The number of nitrogens with one attached hydrogen (secondary N) is 1. The van der Waals surface area contributed by atoms with Crippen LogP contribution in [0.25, 0.3) is 11.4 Å². The highest BCUT2D eigenvalue weighted by molar-refractivity contribution is 9.10. The second-order valence-electron chi connectivity index (χ2n) is 5.53. The van der Waals surface area contributed by atoms with Crippen molar-refractivity contribution in [3.63, 3.8) is 0 Å². The molecule has 0 unspecified atom stereocenters. The molecule has 1 aromatic heterocycles. The summed E-state index contributed by atoms with van der Waals surface area (Å²) >= 11 is 3.37. The first-order valence-electron chi connectivity index (χ1n) is 8.01. The zero-order valence-electron chi connectivity index (χ0n) is 14.4. The zero-order valence-corrected chi connectivity index (χ0v) is 15.9. The van der Waals surface area contributed by atoms with Gasteiger partial charge in [-0.1, -0.05) is 22.0 Å². The number of nitrogens with two attached hydrogens (primary N) is 1. The number of phenolic OH excluding ortho intramolecular Hbond substituents is 1. The summed E-state index contributed by atoms with van der Waals surface area (Å²) in [6, 6.07) is 10.0. The van der Waals surface area contributed by atoms with Gasteiger partial charge in [0.15, 0.2) is 17.3 Å². The molecule has 0 bridgehead atoms. The Labute approximate surface area is 159 Å². The standard InChI is InChI=1S/C18H19BrN4O3/c1-3-26-15-8-10(4-7-14(15)25-2)16(20)18-21-17(22-23-18)12-9-11(19)5-6-13(12)24/h4-9,16,24H,3,20H2,1-2H3,(H,21,22,23)/t16-/m0/s1. The molecule has 0 saturated heterocycles. The van der Waals surface area contributed by atoms with Crippen molar-refractivity contribution in [1.29, 1.82) is 0 Å². The highest BCUT2D eigenvalue weighted by atomic mass is 79.9. The molecule has 1 heterocycles. The van der Waals surface area contributed by atoms with E-state index in [1.165, 1.54) is 0 Å². The zero-order chi connectivity index (χ0) is 18.7. The predicted molar refractivity (Wildman–Crippen MR) is 101 cm³/mol. The first-order chi connectivity index (χ1) is 12.5. The Morgan fingerprint density at radius 1 is 1.23 bits per heavy atom. The quantitative estimate of drug-likeness (QED) is 0.566. The summed E-state index contributed by atoms with van der Waals surface area (Å²) < 4.78 is 11.7. The minimum Gasteiger partial charge on any atom is -0.507 e. The molecule has 8 heteroatoms. The van der Waals surface area contributed by atoms with Crippen LogP contribution in [0, 0.1) is 0 Å². The monoisotopic (exact) mass is 418 g/mol. The maximum atomic E-state index is 10.0. The van der Waals surface area contributed by atoms with Crippen molar-refractivity contribution in [2.45, 2.75) is 13.0 Å². The molecule has 1 atom stereocenters. The number of halogens is 1. The molecule has 26 heavy (non-hydrogen) atoms. The van der Waals surface area contributed by atoms with Crippen LogP contribution in [0.4, 0.5) is 0 Å². The van der Waals surface area contributed by atoms with Crippen molar-refractivity contribution >= 4 is 15.9 Å². The molecule has 3 aromatic rings. The maximum Gasteiger partial charge on any atom is 0.184 e. The van der Waals surface area contributed by atoms with Gasteiger partial charge >= 0.3 is 0 Å². The van der Waals surface area contributed by atoms with Crippen LogP contribution < -0.4 is 15.2 Å². The van der Waals surface area contributed by atoms with Crippen molar-refractivity contribution in [3.05, 3.63) is 52.3 Å². The third kappa shape index (κ3) is 3.66. The molecule has 0 saturated carbocycles. The molecular formula is C18H19BrN4O3. The number of benzene rings is 2. The summed E-state index contributed by atoms with van der Waals surface area (Å²) in [4.78, 5) is 4.43. The van der Waals surface area contributed by atoms with Gasteiger partial charge in [-0.05, 0) is 42.8 Å². The van der Waals surface area contributed by atoms with Crippen LogP contribution in [-0.2, 0) is 0 Å². The highest BCUT2D eigenvalue weighted by Crippen LogP contribution is 2.33. The van der Waals surface area contributed by atoms with E-state index in [9.17, 15) is 5.11 Å². The summed E-state index contributed by atoms with van der Waals surface area (Å²) in [7, 11) is 1.59. The summed E-state index contributed by atoms with van der Waals surface area (Å²) in [6.45, 7) is 2.42. The lowest BCUT2D eigenvalue weighted by molar-refractivity contribution is 0.310. The Hall–Kier alpha value is -2.58. The second-order valence-corrected chi connectivity index (χ2v) is 6.44. The number of phenols is 1. The molecule has 0 aliphatic heterocycles. The van der Waals surface area contributed by atoms with E-state index in [1.807, 2.05) is 19.1 Å². The van der Waals surface area contributed by atoms with Crippen molar-refractivity contribution in [2.24, 2.45) is 5.73 Å². The van der Waals surface area contributed by atoms with Gasteiger partial charge in [-0.25, -0.2) is 4.98 Å². The summed E-state index contributed by atoms with van der Waals surface area (Å²) in [5.41, 5.74) is 7.64. The molecule has 0 fully saturated rings. The summed E-state index contributed by atoms with van der Waals surface area (Å²) in [5.74, 6) is 2.20. The van der Waals surface area contributed by atoms with Gasteiger partial charge in [-0.3, -0.25) is 5.10 Å². The third-order valence-corrected chi connectivity index (χ3v) is 4.34. The average molecular weight is 419 g/mol. The number of aromatic nitrogens is 3. The van der Waals surface area contributed by atoms with Gasteiger partial charge in [0.2, 0.25) is 0 Å². The fraction of sp³-hybridized carbons (Fsp3) is 0.222. The smallest absolute Gasteiger partial charge is 0.184 e. The Kier molecular flexibility index (Phi) is 5.43. The Bertz CT molecular complexity index is 913. The van der Waals surface area contributed by atoms with Crippen LogP contribution in [0.1, 0.15) is 24.4 Å². The largest absolute Gasteiger partial charge is 0.507 e. The molecule has 0 aliphatic carbocycles. The molecule has 136 valence electrons. The van der Waals surface area contributed by atoms with Crippen molar-refractivity contribution in [2.75, 3.05) is 13.7 Å². The van der Waals surface area contributed by atoms with Gasteiger partial charge in [-0.15, -0.1) is 0 Å². The molecular weight excluding hydrogens is 400 g/mol. The van der Waals surface area contributed by atoms with E-state index < -0.39 is 6.04 Å². The molecule has 0 aliphatic rings. The van der Waals surface area contributed by atoms with Gasteiger partial charge < -0.3 is 20.3 Å². The average Bonchev–Trinajstić information content (AvgIpc) is 3.13. The maximum absolute atomic E-state index is 10.0. The Morgan fingerprint density at radius 2 is 2.04 bits per heavy atom. The fourth-order valence-electron chi connectivity index (χ4n) is 2.53. The van der Waals surface area contributed by atoms with Crippen LogP contribution in [0.5, 0.6) is 17.2 Å². The topological polar surface area (TPSA) is 106 Å². The van der Waals surface area contributed by atoms with E-state index in [1.54, 1.807) is 31.4 Å². The predicted octanol–water partition coefficient (Wildman–Crippen LogP) is 3.40. The Morgan fingerprint density at radius 3 is 2.77 bits per heavy atom. The molecule has 3 rings (SSSR count). The van der Waals surface area contributed by atoms with Crippen molar-refractivity contribution in [3.8, 4) is 28.6 Å². The number of H-pyrrole nitrogens is 1. The first-order valence-corrected chi connectivity index (χ1v) is 8.80. The van der Waals surface area contributed by atoms with Gasteiger partial charge in [-0.2, -0.15) is 5.10 Å². The van der Waals surface area contributed by atoms with E-state index in [0.717, 1.165) is 10.0 Å². The van der Waals surface area contributed by atoms with Crippen LogP contribution in [0.15, 0.2) is 40.9 Å². The Balaban J connectivity index is 1.92. The van der Waals surface area contributed by atoms with Gasteiger partial charge in [0.25, 0.3) is 0 Å². The minimum absolute atomic E-state index is 0.0930. The van der Waals surface area contributed by atoms with Crippen LogP contribution in [-0.4, -0.2) is 34.0 Å². The molecule has 0 amide bonds. The molecule has 4 N–H and O–H groups in total. The number of aromatic hydroxyl groups is 1. The van der Waals surface area contributed by atoms with Crippen LogP contribution in [0.2, 0.25) is 0 Å². The third-order valence-electron chi connectivity index (χ3n) is 3.84. The van der Waals surface area contributed by atoms with Crippen LogP contribution >= 0.6 is 15.9 Å². The van der Waals surface area contributed by atoms with E-state index >= 15 is 0 Å². The van der Waals surface area contributed by atoms with E-state index in [0.29, 0.717) is 35.3 Å². The number of rotatable bonds is 6. The van der Waals surface area contributed by atoms with Gasteiger partial charge in [0.1, 0.15) is 11.6 Å². The number of ether oxygens (including phenoxy) is 2. The lowest BCUT2D eigenvalue weighted by Crippen LogP contribution is -2.14. The summed E-state index contributed by atoms with van der Waals surface area (Å²) in [6.07, 6.45) is 0. The molecule has 0 radical (unpaired) electrons. The number of aromatic amines is 1. The molecule has 0 spiro atoms. The van der Waals surface area contributed by atoms with E-state index in [-0.39, 0.29) is 5.75 Å². The lowest BCUT2D eigenvalue weighted by Gasteiger charge is -2.14. The number of hydrogen-bond donors (Lipinski definition) is 3. The van der Waals surface area contributed by atoms with Gasteiger partial charge in [0.05, 0.1) is 25.3 Å². The highest BCUT2D eigenvalue weighted by Gasteiger charge is 2.18. The second kappa shape index (κ2) is 7.76. The van der Waals surface area contributed by atoms with Crippen LogP contribution in [0.3, 0.4) is 0 Å². The number of methoxy groups -OCH3 is 1.